The van der Waals surface area contributed by atoms with E-state index in [1.807, 2.05) is 38.1 Å². The average Bonchev–Trinajstić information content (AvgIpc) is 2.94. The van der Waals surface area contributed by atoms with Crippen LogP contribution in [-0.2, 0) is 5.41 Å². The number of benzene rings is 3. The van der Waals surface area contributed by atoms with Gasteiger partial charge in [0, 0.05) is 29.1 Å². The number of pyridine rings is 1. The summed E-state index contributed by atoms with van der Waals surface area (Å²) in [5, 5.41) is 10.8. The molecular formula is C33H38N2O5S. The molecule has 0 spiro atoms. The number of nitrogens with zero attached hydrogens (tertiary/aromatic N) is 2. The van der Waals surface area contributed by atoms with E-state index in [9.17, 15) is 9.90 Å². The number of ether oxygens (including phenoxy) is 3. The van der Waals surface area contributed by atoms with Gasteiger partial charge in [-0.2, -0.15) is 0 Å². The van der Waals surface area contributed by atoms with Crippen molar-refractivity contribution >= 4 is 34.4 Å². The molecule has 7 nitrogen and oxygen atoms in total. The maximum atomic E-state index is 12.3. The Labute approximate surface area is 246 Å². The number of aryl methyl sites for hydroxylation is 2. The first-order chi connectivity index (χ1) is 19.5. The number of fused-ring (bicyclic) bond motifs is 1. The molecule has 1 amide bonds. The second kappa shape index (κ2) is 12.7. The number of anilines is 1. The molecule has 0 aliphatic rings. The van der Waals surface area contributed by atoms with Crippen LogP contribution in [0, 0.1) is 13.8 Å². The number of aromatic nitrogens is 1. The smallest absolute Gasteiger partial charge is 0.411 e. The first kappa shape index (κ1) is 30.1. The average molecular weight is 575 g/mol. The predicted octanol–water partition coefficient (Wildman–Crippen LogP) is 8.63. The number of carboxylic acid groups (broad SMARTS) is 1. The van der Waals surface area contributed by atoms with Gasteiger partial charge in [-0.15, -0.1) is 11.8 Å². The molecule has 0 radical (unpaired) electrons. The molecule has 0 aliphatic heterocycles. The quantitative estimate of drug-likeness (QED) is 0.150. The summed E-state index contributed by atoms with van der Waals surface area (Å²) in [6.45, 7) is 10.8. The van der Waals surface area contributed by atoms with Crippen molar-refractivity contribution in [3.8, 4) is 23.0 Å². The van der Waals surface area contributed by atoms with E-state index in [2.05, 4.69) is 50.0 Å². The Morgan fingerprint density at radius 3 is 2.22 bits per heavy atom. The van der Waals surface area contributed by atoms with Gasteiger partial charge in [0.2, 0.25) is 0 Å². The van der Waals surface area contributed by atoms with Gasteiger partial charge < -0.3 is 19.3 Å². The number of thioether (sulfide) groups is 1. The predicted molar refractivity (Wildman–Crippen MR) is 167 cm³/mol. The van der Waals surface area contributed by atoms with Gasteiger partial charge in [-0.05, 0) is 84.5 Å². The number of rotatable bonds is 10. The fourth-order valence-electron chi connectivity index (χ4n) is 4.61. The number of carbonyl (C=O) groups is 1. The summed E-state index contributed by atoms with van der Waals surface area (Å²) in [7, 11) is 3.17. The van der Waals surface area contributed by atoms with Crippen molar-refractivity contribution < 1.29 is 24.1 Å². The van der Waals surface area contributed by atoms with Gasteiger partial charge in [0.05, 0.1) is 25.4 Å². The summed E-state index contributed by atoms with van der Waals surface area (Å²) in [4.78, 5) is 19.3. The fourth-order valence-corrected chi connectivity index (χ4v) is 5.45. The van der Waals surface area contributed by atoms with Gasteiger partial charge in [0.1, 0.15) is 11.5 Å². The molecule has 0 saturated heterocycles. The molecular weight excluding hydrogens is 536 g/mol. The molecule has 41 heavy (non-hydrogen) atoms. The van der Waals surface area contributed by atoms with E-state index in [1.165, 1.54) is 15.4 Å². The number of hydrogen-bond acceptors (Lipinski definition) is 6. The molecule has 0 aliphatic carbocycles. The van der Waals surface area contributed by atoms with E-state index < -0.39 is 6.09 Å². The van der Waals surface area contributed by atoms with E-state index in [-0.39, 0.29) is 5.41 Å². The van der Waals surface area contributed by atoms with E-state index in [4.69, 9.17) is 14.2 Å². The zero-order chi connectivity index (χ0) is 29.7. The summed E-state index contributed by atoms with van der Waals surface area (Å²) in [5.74, 6) is 3.26. The minimum atomic E-state index is -0.970. The first-order valence-corrected chi connectivity index (χ1v) is 14.5. The van der Waals surface area contributed by atoms with E-state index in [1.54, 1.807) is 38.2 Å². The van der Waals surface area contributed by atoms with E-state index >= 15 is 0 Å². The second-order valence-electron chi connectivity index (χ2n) is 11.0. The lowest BCUT2D eigenvalue weighted by Gasteiger charge is -2.23. The van der Waals surface area contributed by atoms with Crippen LogP contribution in [0.2, 0.25) is 0 Å². The minimum Gasteiger partial charge on any atom is -0.493 e. The van der Waals surface area contributed by atoms with Gasteiger partial charge in [0.25, 0.3) is 0 Å². The van der Waals surface area contributed by atoms with E-state index in [0.717, 1.165) is 28.7 Å². The Hall–Kier alpha value is -3.91. The highest BCUT2D eigenvalue weighted by molar-refractivity contribution is 7.99. The second-order valence-corrected chi connectivity index (χ2v) is 12.1. The van der Waals surface area contributed by atoms with Crippen molar-refractivity contribution in [3.63, 3.8) is 0 Å². The zero-order valence-electron chi connectivity index (χ0n) is 24.8. The standard InChI is InChI=1S/C33H38N2O5S/c1-21-18-29(40-28-13-14-34-26-20-31(39-7)30(38-6)19-25(26)28)22(2)17-27(21)35(32(36)37)15-8-16-41-24-11-9-23(10-12-24)33(3,4)5/h9-14,17-20H,8,15-16H2,1-7H3,(H,36,37). The highest BCUT2D eigenvalue weighted by Crippen LogP contribution is 2.39. The van der Waals surface area contributed by atoms with Gasteiger partial charge in [-0.1, -0.05) is 32.9 Å². The lowest BCUT2D eigenvalue weighted by atomic mass is 9.87. The molecule has 216 valence electrons. The van der Waals surface area contributed by atoms with Crippen LogP contribution in [0.4, 0.5) is 10.5 Å². The maximum absolute atomic E-state index is 12.3. The van der Waals surface area contributed by atoms with Gasteiger partial charge in [-0.25, -0.2) is 4.79 Å². The molecule has 0 saturated carbocycles. The van der Waals surface area contributed by atoms with Crippen LogP contribution in [0.1, 0.15) is 43.9 Å². The van der Waals surface area contributed by atoms with Crippen LogP contribution in [-0.4, -0.2) is 42.7 Å². The van der Waals surface area contributed by atoms with Crippen molar-refractivity contribution in [3.05, 3.63) is 77.5 Å². The maximum Gasteiger partial charge on any atom is 0.411 e. The molecule has 3 aromatic carbocycles. The topological polar surface area (TPSA) is 81.1 Å². The molecule has 0 fully saturated rings. The first-order valence-electron chi connectivity index (χ1n) is 13.6. The normalized spacial score (nSPS) is 11.4. The number of hydrogen-bond donors (Lipinski definition) is 1. The van der Waals surface area contributed by atoms with Crippen LogP contribution >= 0.6 is 11.8 Å². The molecule has 4 aromatic rings. The van der Waals surface area contributed by atoms with Crippen LogP contribution in [0.25, 0.3) is 10.9 Å². The Bertz CT molecular complexity index is 1530. The molecule has 8 heteroatoms. The largest absolute Gasteiger partial charge is 0.493 e. The molecule has 1 N–H and O–H groups in total. The SMILES string of the molecule is COc1cc2nccc(Oc3cc(C)c(N(CCCSc4ccc(C(C)(C)C)cc4)C(=O)O)cc3C)c2cc1OC. The molecule has 0 atom stereocenters. The minimum absolute atomic E-state index is 0.121. The van der Waals surface area contributed by atoms with Gasteiger partial charge in [-0.3, -0.25) is 9.88 Å². The molecule has 0 bridgehead atoms. The Morgan fingerprint density at radius 2 is 1.59 bits per heavy atom. The summed E-state index contributed by atoms with van der Waals surface area (Å²) in [6.07, 6.45) is 1.44. The van der Waals surface area contributed by atoms with Crippen molar-refractivity contribution in [1.82, 2.24) is 4.98 Å². The monoisotopic (exact) mass is 574 g/mol. The highest BCUT2D eigenvalue weighted by atomic mass is 32.2. The summed E-state index contributed by atoms with van der Waals surface area (Å²) in [5.41, 5.74) is 4.44. The highest BCUT2D eigenvalue weighted by Gasteiger charge is 2.19. The van der Waals surface area contributed by atoms with Crippen LogP contribution in [0.5, 0.6) is 23.0 Å². The third-order valence-electron chi connectivity index (χ3n) is 6.96. The van der Waals surface area contributed by atoms with Crippen molar-refractivity contribution in [2.45, 2.75) is 51.3 Å². The Morgan fingerprint density at radius 1 is 0.902 bits per heavy atom. The van der Waals surface area contributed by atoms with E-state index in [0.29, 0.717) is 40.7 Å². The van der Waals surface area contributed by atoms with Crippen molar-refractivity contribution in [2.24, 2.45) is 0 Å². The molecule has 1 aromatic heterocycles. The van der Waals surface area contributed by atoms with Crippen LogP contribution < -0.4 is 19.1 Å². The Balaban J connectivity index is 1.48. The molecule has 0 unspecified atom stereocenters. The lowest BCUT2D eigenvalue weighted by molar-refractivity contribution is 0.201. The summed E-state index contributed by atoms with van der Waals surface area (Å²) >= 11 is 1.74. The number of methoxy groups -OCH3 is 2. The Kier molecular flexibility index (Phi) is 9.33. The zero-order valence-corrected chi connectivity index (χ0v) is 25.6. The fraction of sp³-hybridized carbons (Fsp3) is 0.333. The lowest BCUT2D eigenvalue weighted by Crippen LogP contribution is -2.31. The van der Waals surface area contributed by atoms with Crippen molar-refractivity contribution in [1.29, 1.82) is 0 Å². The van der Waals surface area contributed by atoms with Crippen molar-refractivity contribution in [2.75, 3.05) is 31.4 Å². The van der Waals surface area contributed by atoms with Gasteiger partial charge in [0.15, 0.2) is 11.5 Å². The van der Waals surface area contributed by atoms with Crippen LogP contribution in [0.3, 0.4) is 0 Å². The van der Waals surface area contributed by atoms with Crippen LogP contribution in [0.15, 0.2) is 65.7 Å². The molecule has 4 rings (SSSR count). The third kappa shape index (κ3) is 7.06. The number of amides is 1. The summed E-state index contributed by atoms with van der Waals surface area (Å²) < 4.78 is 17.2. The third-order valence-corrected chi connectivity index (χ3v) is 8.06. The molecule has 1 heterocycles. The summed E-state index contributed by atoms with van der Waals surface area (Å²) in [6, 6.07) is 17.9. The van der Waals surface area contributed by atoms with Gasteiger partial charge >= 0.3 is 6.09 Å².